The third kappa shape index (κ3) is 3.67. The molecule has 3 N–H and O–H groups in total. The summed E-state index contributed by atoms with van der Waals surface area (Å²) in [4.78, 5) is 0.276. The minimum atomic E-state index is -3.52. The lowest BCUT2D eigenvalue weighted by atomic mass is 9.94. The summed E-state index contributed by atoms with van der Waals surface area (Å²) in [5, 5.41) is 0. The van der Waals surface area contributed by atoms with Gasteiger partial charge in [0, 0.05) is 17.1 Å². The average molecular weight is 375 g/mol. The molecule has 4 nitrogen and oxygen atoms in total. The molecule has 21 heavy (non-hydrogen) atoms. The molecule has 0 spiro atoms. The van der Waals surface area contributed by atoms with E-state index in [1.54, 1.807) is 12.1 Å². The van der Waals surface area contributed by atoms with Crippen molar-refractivity contribution in [3.63, 3.8) is 0 Å². The highest BCUT2D eigenvalue weighted by molar-refractivity contribution is 9.10. The third-order valence-corrected chi connectivity index (χ3v) is 7.06. The Hall–Kier alpha value is -0.430. The monoisotopic (exact) mass is 374 g/mol. The highest BCUT2D eigenvalue weighted by Gasteiger charge is 2.34. The number of nitrogens with two attached hydrogens (primary N) is 1. The lowest BCUT2D eigenvalue weighted by molar-refractivity contribution is 0.368. The van der Waals surface area contributed by atoms with Gasteiger partial charge >= 0.3 is 0 Å². The second-order valence-electron chi connectivity index (χ2n) is 5.80. The molecule has 0 bridgehead atoms. The molecule has 1 aliphatic carbocycles. The molecule has 0 aliphatic heterocycles. The van der Waals surface area contributed by atoms with Gasteiger partial charge in [-0.05, 0) is 58.3 Å². The zero-order valence-electron chi connectivity index (χ0n) is 12.5. The van der Waals surface area contributed by atoms with E-state index in [0.717, 1.165) is 24.8 Å². The normalized spacial score (nSPS) is 26.2. The Labute approximate surface area is 135 Å². The number of hydrogen-bond acceptors (Lipinski definition) is 3. The Kier molecular flexibility index (Phi) is 5.46. The second-order valence-corrected chi connectivity index (χ2v) is 8.34. The van der Waals surface area contributed by atoms with Crippen molar-refractivity contribution in [3.05, 3.63) is 28.2 Å². The molecule has 3 unspecified atom stereocenters. The molecule has 118 valence electrons. The van der Waals surface area contributed by atoms with Crippen molar-refractivity contribution in [1.29, 1.82) is 0 Å². The average Bonchev–Trinajstić information content (AvgIpc) is 2.79. The van der Waals surface area contributed by atoms with Crippen LogP contribution in [-0.2, 0) is 16.6 Å². The quantitative estimate of drug-likeness (QED) is 0.831. The van der Waals surface area contributed by atoms with Gasteiger partial charge in [-0.1, -0.05) is 26.3 Å². The van der Waals surface area contributed by atoms with Gasteiger partial charge in [0.05, 0.1) is 4.90 Å². The number of rotatable bonds is 5. The molecule has 0 aromatic heterocycles. The van der Waals surface area contributed by atoms with Gasteiger partial charge in [-0.2, -0.15) is 0 Å². The van der Waals surface area contributed by atoms with Crippen molar-refractivity contribution in [2.45, 2.75) is 50.6 Å². The van der Waals surface area contributed by atoms with E-state index in [0.29, 0.717) is 22.9 Å². The Morgan fingerprint density at radius 2 is 2.10 bits per heavy atom. The Morgan fingerprint density at radius 3 is 2.67 bits per heavy atom. The molecule has 1 aromatic carbocycles. The van der Waals surface area contributed by atoms with E-state index in [9.17, 15) is 8.42 Å². The maximum atomic E-state index is 12.6. The lowest BCUT2D eigenvalue weighted by Gasteiger charge is -2.21. The van der Waals surface area contributed by atoms with Crippen LogP contribution < -0.4 is 10.5 Å². The van der Waals surface area contributed by atoms with Crippen LogP contribution >= 0.6 is 15.9 Å². The molecule has 0 amide bonds. The first-order valence-corrected chi connectivity index (χ1v) is 9.67. The predicted octanol–water partition coefficient (Wildman–Crippen LogP) is 3.01. The Bertz CT molecular complexity index is 604. The lowest BCUT2D eigenvalue weighted by Crippen LogP contribution is -2.37. The van der Waals surface area contributed by atoms with Gasteiger partial charge in [0.25, 0.3) is 0 Å². The molecule has 1 aliphatic rings. The van der Waals surface area contributed by atoms with Crippen LogP contribution in [0.25, 0.3) is 0 Å². The van der Waals surface area contributed by atoms with Gasteiger partial charge < -0.3 is 5.73 Å². The van der Waals surface area contributed by atoms with Crippen molar-refractivity contribution in [2.75, 3.05) is 0 Å². The first-order valence-electron chi connectivity index (χ1n) is 7.39. The third-order valence-electron chi connectivity index (χ3n) is 4.58. The molecule has 6 heteroatoms. The van der Waals surface area contributed by atoms with Crippen LogP contribution in [0.1, 0.15) is 38.7 Å². The van der Waals surface area contributed by atoms with E-state index < -0.39 is 10.0 Å². The Morgan fingerprint density at radius 1 is 1.38 bits per heavy atom. The van der Waals surface area contributed by atoms with E-state index in [4.69, 9.17) is 5.73 Å². The predicted molar refractivity (Wildman–Crippen MR) is 88.3 cm³/mol. The SMILES string of the molecule is CCC1CCC(NS(=O)(=O)c2cc(CN)ccc2Br)C1C. The fourth-order valence-electron chi connectivity index (χ4n) is 3.13. The van der Waals surface area contributed by atoms with Crippen molar-refractivity contribution in [1.82, 2.24) is 4.72 Å². The van der Waals surface area contributed by atoms with Crippen molar-refractivity contribution in [2.24, 2.45) is 17.6 Å². The summed E-state index contributed by atoms with van der Waals surface area (Å²) in [6.07, 6.45) is 3.10. The van der Waals surface area contributed by atoms with Crippen molar-refractivity contribution >= 4 is 26.0 Å². The maximum absolute atomic E-state index is 12.6. The number of benzene rings is 1. The topological polar surface area (TPSA) is 72.2 Å². The molecule has 0 saturated heterocycles. The van der Waals surface area contributed by atoms with Gasteiger partial charge in [0.15, 0.2) is 0 Å². The first-order chi connectivity index (χ1) is 9.89. The number of sulfonamides is 1. The summed E-state index contributed by atoms with van der Waals surface area (Å²) in [7, 11) is -3.52. The summed E-state index contributed by atoms with van der Waals surface area (Å²) < 4.78 is 28.7. The molecule has 1 aromatic rings. The Balaban J connectivity index is 2.23. The highest BCUT2D eigenvalue weighted by Crippen LogP contribution is 2.35. The molecule has 1 fully saturated rings. The van der Waals surface area contributed by atoms with Gasteiger partial charge in [-0.15, -0.1) is 0 Å². The van der Waals surface area contributed by atoms with Crippen LogP contribution in [0, 0.1) is 11.8 Å². The van der Waals surface area contributed by atoms with E-state index in [1.807, 2.05) is 6.07 Å². The van der Waals surface area contributed by atoms with Gasteiger partial charge in [-0.25, -0.2) is 13.1 Å². The summed E-state index contributed by atoms with van der Waals surface area (Å²) in [6, 6.07) is 5.23. The zero-order chi connectivity index (χ0) is 15.6. The summed E-state index contributed by atoms with van der Waals surface area (Å²) in [5.74, 6) is 0.984. The molecule has 3 atom stereocenters. The van der Waals surface area contributed by atoms with Crippen LogP contribution in [0.5, 0.6) is 0 Å². The summed E-state index contributed by atoms with van der Waals surface area (Å²) >= 11 is 3.33. The fourth-order valence-corrected chi connectivity index (χ4v) is 5.51. The minimum Gasteiger partial charge on any atom is -0.326 e. The van der Waals surface area contributed by atoms with Gasteiger partial charge in [0.2, 0.25) is 10.0 Å². The number of halogens is 1. The van der Waals surface area contributed by atoms with Crippen LogP contribution in [0.3, 0.4) is 0 Å². The second kappa shape index (κ2) is 6.77. The molecular weight excluding hydrogens is 352 g/mol. The summed E-state index contributed by atoms with van der Waals surface area (Å²) in [6.45, 7) is 4.63. The standard InChI is InChI=1S/C15H23BrN2O2S/c1-3-12-5-7-14(10(12)2)18-21(19,20)15-8-11(9-17)4-6-13(15)16/h4,6,8,10,12,14,18H,3,5,7,9,17H2,1-2H3. The van der Waals surface area contributed by atoms with Gasteiger partial charge in [0.1, 0.15) is 0 Å². The maximum Gasteiger partial charge on any atom is 0.241 e. The fraction of sp³-hybridized carbons (Fsp3) is 0.600. The molecule has 2 rings (SSSR count). The van der Waals surface area contributed by atoms with Crippen LogP contribution in [0.15, 0.2) is 27.6 Å². The largest absolute Gasteiger partial charge is 0.326 e. The van der Waals surface area contributed by atoms with Crippen molar-refractivity contribution in [3.8, 4) is 0 Å². The zero-order valence-corrected chi connectivity index (χ0v) is 14.9. The molecule has 1 saturated carbocycles. The van der Waals surface area contributed by atoms with Gasteiger partial charge in [-0.3, -0.25) is 0 Å². The van der Waals surface area contributed by atoms with E-state index in [1.165, 1.54) is 0 Å². The molecular formula is C15H23BrN2O2S. The van der Waals surface area contributed by atoms with Crippen LogP contribution in [0.4, 0.5) is 0 Å². The van der Waals surface area contributed by atoms with E-state index in [2.05, 4.69) is 34.5 Å². The summed E-state index contributed by atoms with van der Waals surface area (Å²) in [5.41, 5.74) is 6.41. The molecule has 0 heterocycles. The minimum absolute atomic E-state index is 0.0217. The van der Waals surface area contributed by atoms with E-state index in [-0.39, 0.29) is 10.9 Å². The molecule has 0 radical (unpaired) electrons. The smallest absolute Gasteiger partial charge is 0.241 e. The van der Waals surface area contributed by atoms with Crippen molar-refractivity contribution < 1.29 is 8.42 Å². The van der Waals surface area contributed by atoms with Crippen LogP contribution in [-0.4, -0.2) is 14.5 Å². The number of hydrogen-bond donors (Lipinski definition) is 2. The van der Waals surface area contributed by atoms with E-state index >= 15 is 0 Å². The first kappa shape index (κ1) is 16.9. The highest BCUT2D eigenvalue weighted by atomic mass is 79.9. The van der Waals surface area contributed by atoms with Crippen LogP contribution in [0.2, 0.25) is 0 Å². The number of nitrogens with one attached hydrogen (secondary N) is 1.